The van der Waals surface area contributed by atoms with Gasteiger partial charge in [-0.1, -0.05) is 31.2 Å². The highest BCUT2D eigenvalue weighted by Crippen LogP contribution is 2.05. The Hall–Kier alpha value is -2.71. The van der Waals surface area contributed by atoms with Gasteiger partial charge in [-0.15, -0.1) is 11.3 Å². The number of aromatic nitrogens is 1. The van der Waals surface area contributed by atoms with Crippen molar-refractivity contribution in [2.45, 2.75) is 26.8 Å². The first kappa shape index (κ1) is 22.0. The minimum atomic E-state index is -0.537. The second-order valence-electron chi connectivity index (χ2n) is 6.82. The van der Waals surface area contributed by atoms with E-state index in [2.05, 4.69) is 6.92 Å². The third-order valence-corrected chi connectivity index (χ3v) is 5.87. The van der Waals surface area contributed by atoms with Gasteiger partial charge in [0, 0.05) is 13.1 Å². The zero-order valence-electron chi connectivity index (χ0n) is 17.3. The molecule has 0 aliphatic carbocycles. The Bertz CT molecular complexity index is 1060. The van der Waals surface area contributed by atoms with E-state index in [1.54, 1.807) is 17.9 Å². The number of thiazole rings is 1. The van der Waals surface area contributed by atoms with E-state index in [1.807, 2.05) is 24.3 Å². The number of rotatable bonds is 6. The summed E-state index contributed by atoms with van der Waals surface area (Å²) in [6.45, 7) is 5.88. The van der Waals surface area contributed by atoms with Gasteiger partial charge < -0.3 is 14.4 Å². The molecule has 1 aromatic heterocycles. The lowest BCUT2D eigenvalue weighted by Gasteiger charge is -2.26. The third-order valence-electron chi connectivity index (χ3n) is 4.81. The normalized spacial score (nSPS) is 15.5. The summed E-state index contributed by atoms with van der Waals surface area (Å²) in [6.07, 6.45) is 4.00. The van der Waals surface area contributed by atoms with Crippen LogP contribution in [0, 0.1) is 0 Å². The first-order valence-electron chi connectivity index (χ1n) is 10.1. The third kappa shape index (κ3) is 5.46. The molecule has 0 spiro atoms. The molecule has 0 N–H and O–H groups in total. The van der Waals surface area contributed by atoms with Crippen LogP contribution in [0.15, 0.2) is 29.1 Å². The fraction of sp³-hybridized carbons (Fsp3) is 0.409. The van der Waals surface area contributed by atoms with Crippen LogP contribution in [0.2, 0.25) is 0 Å². The molecule has 3 rings (SSSR count). The number of carbonyl (C=O) groups is 2. The first-order valence-corrected chi connectivity index (χ1v) is 10.9. The molecule has 2 aromatic rings. The minimum Gasteiger partial charge on any atom is -0.463 e. The van der Waals surface area contributed by atoms with Crippen molar-refractivity contribution in [2.75, 3.05) is 32.9 Å². The van der Waals surface area contributed by atoms with Crippen molar-refractivity contribution in [3.05, 3.63) is 54.9 Å². The quantitative estimate of drug-likeness (QED) is 0.624. The number of hydrogen-bond donors (Lipinski definition) is 0. The molecule has 2 heterocycles. The van der Waals surface area contributed by atoms with Crippen LogP contribution >= 0.6 is 11.3 Å². The van der Waals surface area contributed by atoms with E-state index in [4.69, 9.17) is 9.47 Å². The molecule has 1 fully saturated rings. The molecule has 0 saturated carbocycles. The fourth-order valence-electron chi connectivity index (χ4n) is 3.13. The molecule has 1 aliphatic heterocycles. The molecule has 1 saturated heterocycles. The average molecular weight is 431 g/mol. The van der Waals surface area contributed by atoms with Crippen LogP contribution in [0.25, 0.3) is 12.2 Å². The molecular formula is C22H26N2O5S. The summed E-state index contributed by atoms with van der Waals surface area (Å²) >= 11 is 1.18. The van der Waals surface area contributed by atoms with Gasteiger partial charge >= 0.3 is 5.97 Å². The number of amides is 1. The van der Waals surface area contributed by atoms with Crippen molar-refractivity contribution < 1.29 is 19.1 Å². The summed E-state index contributed by atoms with van der Waals surface area (Å²) in [5.74, 6) is -0.708. The zero-order chi connectivity index (χ0) is 21.5. The van der Waals surface area contributed by atoms with E-state index in [9.17, 15) is 14.4 Å². The topological polar surface area (TPSA) is 77.8 Å². The van der Waals surface area contributed by atoms with Crippen LogP contribution in [0.3, 0.4) is 0 Å². The molecular weight excluding hydrogens is 404 g/mol. The summed E-state index contributed by atoms with van der Waals surface area (Å²) in [4.78, 5) is 39.4. The highest BCUT2D eigenvalue weighted by atomic mass is 32.1. The maximum absolute atomic E-state index is 13.0. The number of carbonyl (C=O) groups excluding carboxylic acids is 2. The van der Waals surface area contributed by atoms with E-state index in [0.29, 0.717) is 35.5 Å². The van der Waals surface area contributed by atoms with Gasteiger partial charge in [-0.2, -0.15) is 0 Å². The Morgan fingerprint density at radius 3 is 2.50 bits per heavy atom. The molecule has 1 aromatic carbocycles. The van der Waals surface area contributed by atoms with E-state index < -0.39 is 5.97 Å². The Labute approximate surface area is 178 Å². The van der Waals surface area contributed by atoms with Crippen molar-refractivity contribution in [1.29, 1.82) is 0 Å². The number of esters is 1. The van der Waals surface area contributed by atoms with Crippen LogP contribution in [-0.2, 0) is 32.0 Å². The monoisotopic (exact) mass is 430 g/mol. The molecule has 1 amide bonds. The number of hydrogen-bond acceptors (Lipinski definition) is 6. The lowest BCUT2D eigenvalue weighted by molar-refractivity contribution is -0.136. The summed E-state index contributed by atoms with van der Waals surface area (Å²) in [7, 11) is 0. The van der Waals surface area contributed by atoms with E-state index in [-0.39, 0.29) is 24.6 Å². The summed E-state index contributed by atoms with van der Waals surface area (Å²) in [6, 6.07) is 7.95. The summed E-state index contributed by atoms with van der Waals surface area (Å²) in [5.41, 5.74) is 1.81. The summed E-state index contributed by atoms with van der Waals surface area (Å²) < 4.78 is 12.5. The predicted octanol–water partition coefficient (Wildman–Crippen LogP) is 0.503. The summed E-state index contributed by atoms with van der Waals surface area (Å²) in [5, 5.41) is 0. The molecule has 1 aliphatic rings. The lowest BCUT2D eigenvalue weighted by Crippen LogP contribution is -2.45. The van der Waals surface area contributed by atoms with Gasteiger partial charge in [-0.25, -0.2) is 4.79 Å². The number of benzene rings is 1. The zero-order valence-corrected chi connectivity index (χ0v) is 18.1. The van der Waals surface area contributed by atoms with Gasteiger partial charge in [-0.05, 0) is 30.5 Å². The molecule has 0 radical (unpaired) electrons. The Balaban J connectivity index is 2.00. The molecule has 8 heteroatoms. The van der Waals surface area contributed by atoms with Crippen LogP contribution in [-0.4, -0.2) is 54.3 Å². The predicted molar refractivity (Wildman–Crippen MR) is 116 cm³/mol. The molecule has 0 unspecified atom stereocenters. The van der Waals surface area contributed by atoms with Gasteiger partial charge in [0.05, 0.1) is 30.4 Å². The largest absolute Gasteiger partial charge is 0.463 e. The Morgan fingerprint density at radius 1 is 1.17 bits per heavy atom. The van der Waals surface area contributed by atoms with Gasteiger partial charge in [0.2, 0.25) is 5.91 Å². The number of morpholine rings is 1. The highest BCUT2D eigenvalue weighted by molar-refractivity contribution is 7.07. The smallest absolute Gasteiger partial charge is 0.333 e. The van der Waals surface area contributed by atoms with Gasteiger partial charge in [0.1, 0.15) is 11.2 Å². The van der Waals surface area contributed by atoms with E-state index in [0.717, 1.165) is 12.0 Å². The molecule has 160 valence electrons. The molecule has 0 bridgehead atoms. The van der Waals surface area contributed by atoms with Crippen LogP contribution in [0.4, 0.5) is 0 Å². The maximum atomic E-state index is 13.0. The Morgan fingerprint density at radius 2 is 1.87 bits per heavy atom. The van der Waals surface area contributed by atoms with Crippen LogP contribution in [0.1, 0.15) is 25.0 Å². The Kier molecular flexibility index (Phi) is 7.59. The van der Waals surface area contributed by atoms with Crippen LogP contribution < -0.4 is 14.8 Å². The number of aryl methyl sites for hydroxylation is 1. The highest BCUT2D eigenvalue weighted by Gasteiger charge is 2.19. The van der Waals surface area contributed by atoms with Crippen molar-refractivity contribution in [3.8, 4) is 0 Å². The van der Waals surface area contributed by atoms with Gasteiger partial charge in [0.15, 0.2) is 0 Å². The van der Waals surface area contributed by atoms with Crippen molar-refractivity contribution in [3.63, 3.8) is 0 Å². The fourth-order valence-corrected chi connectivity index (χ4v) is 4.16. The second-order valence-corrected chi connectivity index (χ2v) is 7.89. The SMILES string of the molecule is CCOC(=O)/C=c1\s/c(=C/c2ccc(CC)cc2)c(=O)n1CC(=O)N1CCOCC1. The molecule has 7 nitrogen and oxygen atoms in total. The van der Waals surface area contributed by atoms with Gasteiger partial charge in [-0.3, -0.25) is 14.2 Å². The van der Waals surface area contributed by atoms with Crippen molar-refractivity contribution >= 4 is 35.4 Å². The molecule has 30 heavy (non-hydrogen) atoms. The van der Waals surface area contributed by atoms with E-state index >= 15 is 0 Å². The lowest BCUT2D eigenvalue weighted by atomic mass is 10.1. The van der Waals surface area contributed by atoms with Crippen molar-refractivity contribution in [2.24, 2.45) is 0 Å². The molecule has 0 atom stereocenters. The minimum absolute atomic E-state index is 0.122. The first-order chi connectivity index (χ1) is 14.5. The van der Waals surface area contributed by atoms with Crippen LogP contribution in [0.5, 0.6) is 0 Å². The average Bonchev–Trinajstić information content (AvgIpc) is 3.03. The maximum Gasteiger partial charge on any atom is 0.333 e. The van der Waals surface area contributed by atoms with Gasteiger partial charge in [0.25, 0.3) is 5.56 Å². The van der Waals surface area contributed by atoms with E-state index in [1.165, 1.54) is 27.5 Å². The second kappa shape index (κ2) is 10.4. The number of nitrogens with zero attached hydrogens (tertiary/aromatic N) is 2. The number of ether oxygens (including phenoxy) is 2. The standard InChI is InChI=1S/C22H26N2O5S/c1-3-16-5-7-17(8-6-16)13-18-22(27)24(20(30-18)14-21(26)29-4-2)15-19(25)23-9-11-28-12-10-23/h5-8,13-14H,3-4,9-12,15H2,1-2H3/b18-13+,20-14-. The van der Waals surface area contributed by atoms with Crippen molar-refractivity contribution in [1.82, 2.24) is 9.47 Å².